The number of carboxylic acid groups (broad SMARTS) is 1. The first-order valence-corrected chi connectivity index (χ1v) is 6.14. The maximum absolute atomic E-state index is 10.8. The number of hydrogen-bond acceptors (Lipinski definition) is 3. The molecule has 1 heterocycles. The van der Waals surface area contributed by atoms with E-state index in [0.29, 0.717) is 0 Å². The van der Waals surface area contributed by atoms with E-state index in [1.54, 1.807) is 4.57 Å². The number of fused-ring (bicyclic) bond motifs is 2. The van der Waals surface area contributed by atoms with Crippen LogP contribution >= 0.6 is 0 Å². The van der Waals surface area contributed by atoms with Gasteiger partial charge in [-0.15, -0.1) is 0 Å². The topological polar surface area (TPSA) is 81.1 Å². The van der Waals surface area contributed by atoms with Crippen LogP contribution in [0.5, 0.6) is 0 Å². The van der Waals surface area contributed by atoms with E-state index in [9.17, 15) is 4.79 Å². The summed E-state index contributed by atoms with van der Waals surface area (Å²) in [6.07, 6.45) is 4.55. The second kappa shape index (κ2) is 4.01. The number of anilines is 1. The van der Waals surface area contributed by atoms with Crippen LogP contribution in [0.25, 0.3) is 11.0 Å². The lowest BCUT2D eigenvalue weighted by molar-refractivity contribution is -0.137. The molecule has 3 rings (SSSR count). The Morgan fingerprint density at radius 2 is 2.00 bits per heavy atom. The standard InChI is InChI=1S/C13H15N3O2/c14-13-15-10-5-8-3-1-2-4-9(8)6-11(10)16(13)7-12(17)18/h5-6H,1-4,7H2,(H2,14,15)(H,17,18). The molecule has 0 amide bonds. The maximum Gasteiger partial charge on any atom is 0.323 e. The van der Waals surface area contributed by atoms with Gasteiger partial charge in [0.2, 0.25) is 5.95 Å². The SMILES string of the molecule is Nc1nc2cc3c(cc2n1CC(=O)O)CCCC3. The van der Waals surface area contributed by atoms with Crippen molar-refractivity contribution in [2.45, 2.75) is 32.2 Å². The van der Waals surface area contributed by atoms with Crippen molar-refractivity contribution in [1.82, 2.24) is 9.55 Å². The van der Waals surface area contributed by atoms with Crippen LogP contribution in [0.1, 0.15) is 24.0 Å². The van der Waals surface area contributed by atoms with Crippen molar-refractivity contribution in [3.8, 4) is 0 Å². The van der Waals surface area contributed by atoms with Crippen molar-refractivity contribution in [2.75, 3.05) is 5.73 Å². The summed E-state index contributed by atoms with van der Waals surface area (Å²) >= 11 is 0. The number of hydrogen-bond donors (Lipinski definition) is 2. The van der Waals surface area contributed by atoms with Crippen LogP contribution in [0.2, 0.25) is 0 Å². The van der Waals surface area contributed by atoms with E-state index in [2.05, 4.69) is 17.1 Å². The van der Waals surface area contributed by atoms with E-state index >= 15 is 0 Å². The highest BCUT2D eigenvalue weighted by Crippen LogP contribution is 2.27. The molecule has 5 nitrogen and oxygen atoms in total. The summed E-state index contributed by atoms with van der Waals surface area (Å²) in [5.74, 6) is -0.631. The minimum Gasteiger partial charge on any atom is -0.480 e. The number of imidazole rings is 1. The van der Waals surface area contributed by atoms with Gasteiger partial charge in [0, 0.05) is 0 Å². The third-order valence-corrected chi connectivity index (χ3v) is 3.53. The van der Waals surface area contributed by atoms with Crippen molar-refractivity contribution < 1.29 is 9.90 Å². The highest BCUT2D eigenvalue weighted by molar-refractivity contribution is 5.82. The first-order valence-electron chi connectivity index (χ1n) is 6.14. The van der Waals surface area contributed by atoms with Crippen molar-refractivity contribution in [3.05, 3.63) is 23.3 Å². The number of carbonyl (C=O) groups is 1. The summed E-state index contributed by atoms with van der Waals surface area (Å²) < 4.78 is 1.56. The van der Waals surface area contributed by atoms with E-state index < -0.39 is 5.97 Å². The molecule has 0 unspecified atom stereocenters. The lowest BCUT2D eigenvalue weighted by Crippen LogP contribution is -2.11. The van der Waals surface area contributed by atoms with Gasteiger partial charge in [0.15, 0.2) is 0 Å². The minimum absolute atomic E-state index is 0.138. The van der Waals surface area contributed by atoms with Gasteiger partial charge < -0.3 is 10.8 Å². The summed E-state index contributed by atoms with van der Waals surface area (Å²) in [5, 5.41) is 8.90. The number of aryl methyl sites for hydroxylation is 2. The molecule has 18 heavy (non-hydrogen) atoms. The minimum atomic E-state index is -0.904. The van der Waals surface area contributed by atoms with E-state index in [-0.39, 0.29) is 12.5 Å². The molecular formula is C13H15N3O2. The van der Waals surface area contributed by atoms with E-state index in [1.165, 1.54) is 24.0 Å². The zero-order valence-electron chi connectivity index (χ0n) is 10.0. The molecule has 5 heteroatoms. The monoisotopic (exact) mass is 245 g/mol. The molecule has 1 aliphatic carbocycles. The largest absolute Gasteiger partial charge is 0.480 e. The van der Waals surface area contributed by atoms with Gasteiger partial charge >= 0.3 is 5.97 Å². The van der Waals surface area contributed by atoms with E-state index in [4.69, 9.17) is 10.8 Å². The lowest BCUT2D eigenvalue weighted by Gasteiger charge is -2.15. The highest BCUT2D eigenvalue weighted by Gasteiger charge is 2.16. The summed E-state index contributed by atoms with van der Waals surface area (Å²) in [7, 11) is 0. The predicted molar refractivity (Wildman–Crippen MR) is 68.4 cm³/mol. The van der Waals surface area contributed by atoms with Gasteiger partial charge in [-0.3, -0.25) is 9.36 Å². The third-order valence-electron chi connectivity index (χ3n) is 3.53. The summed E-state index contributed by atoms with van der Waals surface area (Å²) in [5.41, 5.74) is 10.1. The number of nitrogen functional groups attached to an aromatic ring is 1. The van der Waals surface area contributed by atoms with Gasteiger partial charge in [-0.05, 0) is 48.9 Å². The van der Waals surface area contributed by atoms with Crippen LogP contribution in [0, 0.1) is 0 Å². The Morgan fingerprint density at radius 3 is 2.67 bits per heavy atom. The first kappa shape index (κ1) is 11.1. The van der Waals surface area contributed by atoms with Crippen LogP contribution in [-0.2, 0) is 24.2 Å². The number of benzene rings is 1. The molecule has 94 valence electrons. The Kier molecular flexibility index (Phi) is 2.47. The molecule has 0 saturated heterocycles. The number of rotatable bonds is 2. The molecule has 2 aromatic rings. The second-order valence-corrected chi connectivity index (χ2v) is 4.77. The second-order valence-electron chi connectivity index (χ2n) is 4.77. The van der Waals surface area contributed by atoms with Crippen molar-refractivity contribution in [2.24, 2.45) is 0 Å². The van der Waals surface area contributed by atoms with Crippen LogP contribution < -0.4 is 5.73 Å². The molecule has 3 N–H and O–H groups in total. The fourth-order valence-corrected chi connectivity index (χ4v) is 2.67. The summed E-state index contributed by atoms with van der Waals surface area (Å²) in [6.45, 7) is -0.138. The van der Waals surface area contributed by atoms with Crippen LogP contribution in [0.3, 0.4) is 0 Å². The molecule has 0 bridgehead atoms. The predicted octanol–water partition coefficient (Wildman–Crippen LogP) is 1.58. The van der Waals surface area contributed by atoms with Crippen molar-refractivity contribution >= 4 is 23.0 Å². The Bertz CT molecular complexity index is 631. The first-order chi connectivity index (χ1) is 8.65. The zero-order valence-corrected chi connectivity index (χ0v) is 10.0. The Balaban J connectivity index is 2.18. The summed E-state index contributed by atoms with van der Waals surface area (Å²) in [6, 6.07) is 4.11. The average molecular weight is 245 g/mol. The van der Waals surface area contributed by atoms with Gasteiger partial charge in [0.05, 0.1) is 11.0 Å². The molecule has 0 radical (unpaired) electrons. The number of aromatic nitrogens is 2. The van der Waals surface area contributed by atoms with Gasteiger partial charge in [-0.25, -0.2) is 4.98 Å². The zero-order chi connectivity index (χ0) is 12.7. The average Bonchev–Trinajstić information content (AvgIpc) is 2.62. The van der Waals surface area contributed by atoms with Crippen LogP contribution in [0.4, 0.5) is 5.95 Å². The highest BCUT2D eigenvalue weighted by atomic mass is 16.4. The molecule has 1 aromatic carbocycles. The molecule has 1 aromatic heterocycles. The molecular weight excluding hydrogens is 230 g/mol. The van der Waals surface area contributed by atoms with Crippen LogP contribution in [0.15, 0.2) is 12.1 Å². The van der Waals surface area contributed by atoms with Crippen molar-refractivity contribution in [3.63, 3.8) is 0 Å². The molecule has 0 fully saturated rings. The number of carboxylic acids is 1. The van der Waals surface area contributed by atoms with Gasteiger partial charge in [-0.2, -0.15) is 0 Å². The quantitative estimate of drug-likeness (QED) is 0.841. The Labute approximate surface area is 104 Å². The molecule has 0 aliphatic heterocycles. The number of nitrogens with zero attached hydrogens (tertiary/aromatic N) is 2. The Hall–Kier alpha value is -2.04. The number of nitrogens with two attached hydrogens (primary N) is 1. The maximum atomic E-state index is 10.8. The Morgan fingerprint density at radius 1 is 1.33 bits per heavy atom. The van der Waals surface area contributed by atoms with Gasteiger partial charge in [0.1, 0.15) is 6.54 Å². The molecule has 1 aliphatic rings. The third kappa shape index (κ3) is 1.72. The van der Waals surface area contributed by atoms with Gasteiger partial charge in [0.25, 0.3) is 0 Å². The van der Waals surface area contributed by atoms with Crippen LogP contribution in [-0.4, -0.2) is 20.6 Å². The lowest BCUT2D eigenvalue weighted by atomic mass is 9.91. The molecule has 0 atom stereocenters. The summed E-state index contributed by atoms with van der Waals surface area (Å²) in [4.78, 5) is 15.1. The fraction of sp³-hybridized carbons (Fsp3) is 0.385. The number of aliphatic carboxylic acids is 1. The molecule has 0 saturated carbocycles. The molecule has 0 spiro atoms. The van der Waals surface area contributed by atoms with E-state index in [0.717, 1.165) is 23.9 Å². The smallest absolute Gasteiger partial charge is 0.323 e. The normalized spacial score (nSPS) is 14.7. The van der Waals surface area contributed by atoms with E-state index in [1.807, 2.05) is 0 Å². The van der Waals surface area contributed by atoms with Gasteiger partial charge in [-0.1, -0.05) is 0 Å². The van der Waals surface area contributed by atoms with Crippen molar-refractivity contribution in [1.29, 1.82) is 0 Å². The fourth-order valence-electron chi connectivity index (χ4n) is 2.67.